The minimum Gasteiger partial charge on any atom is -0.298 e. The number of hydrogen-bond donors (Lipinski definition) is 0. The van der Waals surface area contributed by atoms with Gasteiger partial charge >= 0.3 is 0 Å². The number of ketones is 1. The molecule has 4 saturated heterocycles. The van der Waals surface area contributed by atoms with Crippen LogP contribution in [0.2, 0.25) is 0 Å². The third-order valence-corrected chi connectivity index (χ3v) is 4.64. The molecule has 0 spiro atoms. The van der Waals surface area contributed by atoms with E-state index in [1.165, 1.54) is 12.8 Å². The Balaban J connectivity index is 1.91. The molecule has 4 aliphatic rings. The van der Waals surface area contributed by atoms with Gasteiger partial charge < -0.3 is 0 Å². The van der Waals surface area contributed by atoms with Gasteiger partial charge in [-0.2, -0.15) is 0 Å². The summed E-state index contributed by atoms with van der Waals surface area (Å²) in [6.07, 6.45) is 3.50. The van der Waals surface area contributed by atoms with Crippen LogP contribution in [0.4, 0.5) is 0 Å². The second-order valence-corrected chi connectivity index (χ2v) is 6.39. The molecule has 4 heterocycles. The molecule has 4 aliphatic heterocycles. The first kappa shape index (κ1) is 10.7. The number of rotatable bonds is 3. The smallest absolute Gasteiger partial charge is 0.150 e. The van der Waals surface area contributed by atoms with E-state index in [0.717, 1.165) is 39.3 Å². The summed E-state index contributed by atoms with van der Waals surface area (Å²) in [7, 11) is 0. The molecule has 16 heavy (non-hydrogen) atoms. The molecule has 0 N–H and O–H groups in total. The Bertz CT molecular complexity index is 312. The number of carbonyl (C=O) groups is 1. The lowest BCUT2D eigenvalue weighted by Gasteiger charge is -2.62. The quantitative estimate of drug-likeness (QED) is 0.720. The first-order chi connectivity index (χ1) is 7.58. The SMILES string of the molecule is CCCCC12CN3CN(CC(C)(C3)C1=O)C2. The van der Waals surface area contributed by atoms with Crippen molar-refractivity contribution in [2.45, 2.75) is 33.1 Å². The standard InChI is InChI=1S/C13H22N2O/c1-3-4-5-13-8-14-6-12(2,11(13)16)7-15(9-13)10-14/h3-10H2,1-2H3. The second kappa shape index (κ2) is 3.30. The fourth-order valence-corrected chi connectivity index (χ4v) is 4.25. The van der Waals surface area contributed by atoms with Gasteiger partial charge in [-0.3, -0.25) is 14.6 Å². The highest BCUT2D eigenvalue weighted by molar-refractivity contribution is 5.93. The number of carbonyl (C=O) groups excluding carboxylic acids is 1. The molecule has 0 aliphatic carbocycles. The molecule has 90 valence electrons. The number of nitrogens with zero attached hydrogens (tertiary/aromatic N) is 2. The first-order valence-corrected chi connectivity index (χ1v) is 6.58. The summed E-state index contributed by atoms with van der Waals surface area (Å²) in [6, 6.07) is 0. The van der Waals surface area contributed by atoms with E-state index in [1.54, 1.807) is 0 Å². The summed E-state index contributed by atoms with van der Waals surface area (Å²) in [5.74, 6) is 0.570. The van der Waals surface area contributed by atoms with E-state index in [4.69, 9.17) is 0 Å². The van der Waals surface area contributed by atoms with Crippen LogP contribution in [0, 0.1) is 10.8 Å². The zero-order valence-corrected chi connectivity index (χ0v) is 10.5. The Morgan fingerprint density at radius 3 is 2.38 bits per heavy atom. The lowest BCUT2D eigenvalue weighted by atomic mass is 9.60. The van der Waals surface area contributed by atoms with Crippen molar-refractivity contribution in [2.24, 2.45) is 10.8 Å². The molecule has 0 aromatic heterocycles. The second-order valence-electron chi connectivity index (χ2n) is 6.39. The third-order valence-electron chi connectivity index (χ3n) is 4.64. The van der Waals surface area contributed by atoms with Crippen molar-refractivity contribution in [2.75, 3.05) is 32.8 Å². The van der Waals surface area contributed by atoms with Gasteiger partial charge in [0.1, 0.15) is 5.78 Å². The van der Waals surface area contributed by atoms with E-state index in [9.17, 15) is 4.79 Å². The lowest BCUT2D eigenvalue weighted by molar-refractivity contribution is -0.181. The molecule has 0 aromatic rings. The van der Waals surface area contributed by atoms with Gasteiger partial charge in [0.25, 0.3) is 0 Å². The largest absolute Gasteiger partial charge is 0.298 e. The molecule has 2 unspecified atom stereocenters. The lowest BCUT2D eigenvalue weighted by Crippen LogP contribution is -2.75. The highest BCUT2D eigenvalue weighted by atomic mass is 16.1. The molecule has 3 nitrogen and oxygen atoms in total. The van der Waals surface area contributed by atoms with Crippen molar-refractivity contribution >= 4 is 5.78 Å². The molecule has 0 radical (unpaired) electrons. The maximum Gasteiger partial charge on any atom is 0.150 e. The summed E-state index contributed by atoms with van der Waals surface area (Å²) in [5, 5.41) is 0. The van der Waals surface area contributed by atoms with Crippen LogP contribution in [-0.4, -0.2) is 48.4 Å². The number of Topliss-reactive ketones (excluding diaryl/α,β-unsaturated/α-hetero) is 1. The van der Waals surface area contributed by atoms with E-state index in [0.29, 0.717) is 5.78 Å². The van der Waals surface area contributed by atoms with Crippen LogP contribution in [0.1, 0.15) is 33.1 Å². The van der Waals surface area contributed by atoms with Gasteiger partial charge in [-0.25, -0.2) is 0 Å². The fraction of sp³-hybridized carbons (Fsp3) is 0.923. The maximum atomic E-state index is 12.7. The van der Waals surface area contributed by atoms with Crippen molar-refractivity contribution in [3.63, 3.8) is 0 Å². The van der Waals surface area contributed by atoms with Crippen LogP contribution < -0.4 is 0 Å². The highest BCUT2D eigenvalue weighted by Gasteiger charge is 2.60. The first-order valence-electron chi connectivity index (χ1n) is 6.58. The average molecular weight is 222 g/mol. The fourth-order valence-electron chi connectivity index (χ4n) is 4.25. The number of hydrogen-bond acceptors (Lipinski definition) is 3. The zero-order valence-electron chi connectivity index (χ0n) is 10.5. The van der Waals surface area contributed by atoms with Crippen molar-refractivity contribution in [1.82, 2.24) is 9.80 Å². The maximum absolute atomic E-state index is 12.7. The van der Waals surface area contributed by atoms with Crippen LogP contribution >= 0.6 is 0 Å². The minimum atomic E-state index is -0.0670. The van der Waals surface area contributed by atoms with Gasteiger partial charge in [-0.1, -0.05) is 26.7 Å². The molecule has 2 atom stereocenters. The van der Waals surface area contributed by atoms with Crippen LogP contribution in [0.15, 0.2) is 0 Å². The molecule has 0 saturated carbocycles. The molecule has 0 aromatic carbocycles. The summed E-state index contributed by atoms with van der Waals surface area (Å²) >= 11 is 0. The molecule has 3 heteroatoms. The van der Waals surface area contributed by atoms with Gasteiger partial charge in [0.15, 0.2) is 0 Å². The Morgan fingerprint density at radius 2 is 1.81 bits per heavy atom. The van der Waals surface area contributed by atoms with Gasteiger partial charge in [-0.15, -0.1) is 0 Å². The van der Waals surface area contributed by atoms with Gasteiger partial charge in [-0.05, 0) is 6.42 Å². The Kier molecular flexibility index (Phi) is 2.21. The van der Waals surface area contributed by atoms with Crippen LogP contribution in [0.25, 0.3) is 0 Å². The van der Waals surface area contributed by atoms with E-state index < -0.39 is 0 Å². The van der Waals surface area contributed by atoms with Gasteiger partial charge in [0.2, 0.25) is 0 Å². The predicted molar refractivity (Wildman–Crippen MR) is 63.1 cm³/mol. The Morgan fingerprint density at radius 1 is 1.19 bits per heavy atom. The molecular formula is C13H22N2O. The number of unbranched alkanes of at least 4 members (excludes halogenated alkanes) is 1. The zero-order chi connectivity index (χ0) is 11.4. The van der Waals surface area contributed by atoms with Gasteiger partial charge in [0, 0.05) is 26.2 Å². The molecular weight excluding hydrogens is 200 g/mol. The monoisotopic (exact) mass is 222 g/mol. The van der Waals surface area contributed by atoms with Crippen molar-refractivity contribution in [1.29, 1.82) is 0 Å². The minimum absolute atomic E-state index is 0.0144. The van der Waals surface area contributed by atoms with Gasteiger partial charge in [0.05, 0.1) is 17.5 Å². The third kappa shape index (κ3) is 1.31. The van der Waals surface area contributed by atoms with E-state index in [2.05, 4.69) is 23.6 Å². The van der Waals surface area contributed by atoms with Crippen molar-refractivity contribution in [3.05, 3.63) is 0 Å². The normalized spacial score (nSPS) is 50.0. The molecule has 4 rings (SSSR count). The average Bonchev–Trinajstić information content (AvgIpc) is 2.22. The number of piperidine rings is 2. The predicted octanol–water partition coefficient (Wildman–Crippen LogP) is 1.34. The van der Waals surface area contributed by atoms with E-state index in [1.807, 2.05) is 0 Å². The van der Waals surface area contributed by atoms with Crippen LogP contribution in [0.3, 0.4) is 0 Å². The van der Waals surface area contributed by atoms with Crippen molar-refractivity contribution < 1.29 is 4.79 Å². The van der Waals surface area contributed by atoms with E-state index >= 15 is 0 Å². The van der Waals surface area contributed by atoms with Crippen molar-refractivity contribution in [3.8, 4) is 0 Å². The van der Waals surface area contributed by atoms with Crippen LogP contribution in [0.5, 0.6) is 0 Å². The Labute approximate surface area is 97.8 Å². The Hall–Kier alpha value is -0.410. The molecule has 0 amide bonds. The highest BCUT2D eigenvalue weighted by Crippen LogP contribution is 2.48. The molecule has 4 fully saturated rings. The topological polar surface area (TPSA) is 23.6 Å². The summed E-state index contributed by atoms with van der Waals surface area (Å²) < 4.78 is 0. The van der Waals surface area contributed by atoms with E-state index in [-0.39, 0.29) is 10.8 Å². The summed E-state index contributed by atoms with van der Waals surface area (Å²) in [4.78, 5) is 17.7. The summed E-state index contributed by atoms with van der Waals surface area (Å²) in [6.45, 7) is 9.53. The molecule has 4 bridgehead atoms. The summed E-state index contributed by atoms with van der Waals surface area (Å²) in [5.41, 5.74) is -0.0813. The van der Waals surface area contributed by atoms with Crippen LogP contribution in [-0.2, 0) is 4.79 Å².